The van der Waals surface area contributed by atoms with Crippen molar-refractivity contribution in [3.8, 4) is 0 Å². The normalized spacial score (nSPS) is 20.9. The summed E-state index contributed by atoms with van der Waals surface area (Å²) in [6.07, 6.45) is 1.66. The first-order valence-electron chi connectivity index (χ1n) is 8.69. The second-order valence-electron chi connectivity index (χ2n) is 7.12. The molecule has 24 heavy (non-hydrogen) atoms. The molecule has 0 bridgehead atoms. The molecule has 0 N–H and O–H groups in total. The Labute approximate surface area is 142 Å². The summed E-state index contributed by atoms with van der Waals surface area (Å²) in [4.78, 5) is 30.6. The van der Waals surface area contributed by atoms with Gasteiger partial charge in [-0.2, -0.15) is 0 Å². The molecule has 0 saturated carbocycles. The van der Waals surface area contributed by atoms with Crippen molar-refractivity contribution in [1.82, 2.24) is 19.9 Å². The first kappa shape index (κ1) is 17.0. The van der Waals surface area contributed by atoms with Gasteiger partial charge in [-0.25, -0.2) is 0 Å². The molecular weight excluding hydrogens is 308 g/mol. The zero-order chi connectivity index (χ0) is 17.3. The van der Waals surface area contributed by atoms with E-state index in [0.717, 1.165) is 31.7 Å². The standard InChI is InChI=1S/C17H26N4O3/c1-12(2)15-10-14(18-24-15)17(23)20-6-4-13(5-7-20)21-9-8-19(3)11-16(21)22/h10,12-13H,4-9,11H2,1-3H3. The molecule has 2 fully saturated rings. The molecule has 0 atom stereocenters. The molecule has 2 saturated heterocycles. The summed E-state index contributed by atoms with van der Waals surface area (Å²) in [5, 5.41) is 3.91. The van der Waals surface area contributed by atoms with Crippen LogP contribution in [-0.4, -0.2) is 77.5 Å². The zero-order valence-corrected chi connectivity index (χ0v) is 14.7. The van der Waals surface area contributed by atoms with Crippen LogP contribution in [0, 0.1) is 0 Å². The summed E-state index contributed by atoms with van der Waals surface area (Å²) in [6, 6.07) is 1.99. The Bertz CT molecular complexity index is 605. The van der Waals surface area contributed by atoms with Crippen molar-refractivity contribution >= 4 is 11.8 Å². The van der Waals surface area contributed by atoms with Crippen LogP contribution in [0.15, 0.2) is 10.6 Å². The Morgan fingerprint density at radius 2 is 1.96 bits per heavy atom. The van der Waals surface area contributed by atoms with Gasteiger partial charge >= 0.3 is 0 Å². The van der Waals surface area contributed by atoms with Gasteiger partial charge in [-0.05, 0) is 19.9 Å². The minimum absolute atomic E-state index is 0.0752. The van der Waals surface area contributed by atoms with Gasteiger partial charge in [0.2, 0.25) is 5.91 Å². The van der Waals surface area contributed by atoms with Crippen LogP contribution >= 0.6 is 0 Å². The van der Waals surface area contributed by atoms with E-state index < -0.39 is 0 Å². The van der Waals surface area contributed by atoms with Gasteiger partial charge in [-0.1, -0.05) is 19.0 Å². The van der Waals surface area contributed by atoms with Crippen LogP contribution in [-0.2, 0) is 4.79 Å². The van der Waals surface area contributed by atoms with Crippen LogP contribution < -0.4 is 0 Å². The van der Waals surface area contributed by atoms with Crippen molar-refractivity contribution in [2.75, 3.05) is 39.8 Å². The SMILES string of the molecule is CC(C)c1cc(C(=O)N2CCC(N3CCN(C)CC3=O)CC2)no1. The van der Waals surface area contributed by atoms with E-state index in [9.17, 15) is 9.59 Å². The first-order chi connectivity index (χ1) is 11.5. The maximum absolute atomic E-state index is 12.5. The quantitative estimate of drug-likeness (QED) is 0.830. The number of carbonyl (C=O) groups excluding carboxylic acids is 2. The summed E-state index contributed by atoms with van der Waals surface area (Å²) in [5.41, 5.74) is 0.382. The van der Waals surface area contributed by atoms with Crippen molar-refractivity contribution in [3.05, 3.63) is 17.5 Å². The van der Waals surface area contributed by atoms with Gasteiger partial charge in [-0.15, -0.1) is 0 Å². The Kier molecular flexibility index (Phi) is 4.89. The number of likely N-dealkylation sites (tertiary alicyclic amines) is 1. The molecule has 132 valence electrons. The molecule has 0 unspecified atom stereocenters. The summed E-state index contributed by atoms with van der Waals surface area (Å²) >= 11 is 0. The van der Waals surface area contributed by atoms with Crippen LogP contribution in [0.1, 0.15) is 48.9 Å². The average Bonchev–Trinajstić information content (AvgIpc) is 3.05. The van der Waals surface area contributed by atoms with E-state index in [1.54, 1.807) is 6.07 Å². The van der Waals surface area contributed by atoms with Gasteiger partial charge < -0.3 is 14.3 Å². The molecule has 1 aromatic rings. The summed E-state index contributed by atoms with van der Waals surface area (Å²) < 4.78 is 5.22. The lowest BCUT2D eigenvalue weighted by Crippen LogP contribution is -2.55. The van der Waals surface area contributed by atoms with E-state index in [2.05, 4.69) is 5.16 Å². The predicted molar refractivity (Wildman–Crippen MR) is 88.7 cm³/mol. The minimum Gasteiger partial charge on any atom is -0.360 e. The molecule has 2 amide bonds. The molecule has 7 nitrogen and oxygen atoms in total. The lowest BCUT2D eigenvalue weighted by Gasteiger charge is -2.41. The van der Waals surface area contributed by atoms with Crippen LogP contribution in [0.25, 0.3) is 0 Å². The monoisotopic (exact) mass is 334 g/mol. The third kappa shape index (κ3) is 3.45. The molecule has 0 radical (unpaired) electrons. The topological polar surface area (TPSA) is 69.9 Å². The maximum Gasteiger partial charge on any atom is 0.276 e. The van der Waals surface area contributed by atoms with Gasteiger partial charge in [0.05, 0.1) is 6.54 Å². The number of hydrogen-bond acceptors (Lipinski definition) is 5. The number of rotatable bonds is 3. The Hall–Kier alpha value is -1.89. The highest BCUT2D eigenvalue weighted by Crippen LogP contribution is 2.21. The number of carbonyl (C=O) groups is 2. The van der Waals surface area contributed by atoms with Crippen LogP contribution in [0.5, 0.6) is 0 Å². The fraction of sp³-hybridized carbons (Fsp3) is 0.706. The fourth-order valence-electron chi connectivity index (χ4n) is 3.39. The maximum atomic E-state index is 12.5. The van der Waals surface area contributed by atoms with Gasteiger partial charge in [-0.3, -0.25) is 14.5 Å². The second-order valence-corrected chi connectivity index (χ2v) is 7.12. The van der Waals surface area contributed by atoms with Crippen molar-refractivity contribution in [1.29, 1.82) is 0 Å². The van der Waals surface area contributed by atoms with E-state index in [-0.39, 0.29) is 23.8 Å². The molecule has 3 heterocycles. The highest BCUT2D eigenvalue weighted by atomic mass is 16.5. The largest absolute Gasteiger partial charge is 0.360 e. The number of nitrogens with zero attached hydrogens (tertiary/aromatic N) is 4. The van der Waals surface area contributed by atoms with E-state index >= 15 is 0 Å². The summed E-state index contributed by atoms with van der Waals surface area (Å²) in [7, 11) is 1.97. The third-order valence-electron chi connectivity index (χ3n) is 4.96. The lowest BCUT2D eigenvalue weighted by atomic mass is 10.0. The molecule has 1 aromatic heterocycles. The molecular formula is C17H26N4O3. The smallest absolute Gasteiger partial charge is 0.276 e. The predicted octanol–water partition coefficient (Wildman–Crippen LogP) is 1.18. The summed E-state index contributed by atoms with van der Waals surface area (Å²) in [5.74, 6) is 1.07. The second kappa shape index (κ2) is 6.93. The Morgan fingerprint density at radius 1 is 1.25 bits per heavy atom. The van der Waals surface area contributed by atoms with Crippen LogP contribution in [0.4, 0.5) is 0 Å². The highest BCUT2D eigenvalue weighted by molar-refractivity contribution is 5.92. The third-order valence-corrected chi connectivity index (χ3v) is 4.96. The minimum atomic E-state index is -0.0752. The first-order valence-corrected chi connectivity index (χ1v) is 8.69. The van der Waals surface area contributed by atoms with Gasteiger partial charge in [0, 0.05) is 44.2 Å². The molecule has 0 aromatic carbocycles. The van der Waals surface area contributed by atoms with Crippen molar-refractivity contribution < 1.29 is 14.1 Å². The number of piperidine rings is 1. The number of piperazine rings is 1. The van der Waals surface area contributed by atoms with Crippen LogP contribution in [0.2, 0.25) is 0 Å². The van der Waals surface area contributed by atoms with Gasteiger partial charge in [0.1, 0.15) is 5.76 Å². The Balaban J connectivity index is 1.56. The van der Waals surface area contributed by atoms with Crippen molar-refractivity contribution in [2.24, 2.45) is 0 Å². The average molecular weight is 334 g/mol. The molecule has 0 aliphatic carbocycles. The zero-order valence-electron chi connectivity index (χ0n) is 14.7. The number of hydrogen-bond donors (Lipinski definition) is 0. The fourth-order valence-corrected chi connectivity index (χ4v) is 3.39. The van der Waals surface area contributed by atoms with Gasteiger partial charge in [0.25, 0.3) is 5.91 Å². The number of likely N-dealkylation sites (N-methyl/N-ethyl adjacent to an activating group) is 1. The van der Waals surface area contributed by atoms with E-state index in [4.69, 9.17) is 4.52 Å². The number of amides is 2. The van der Waals surface area contributed by atoms with Crippen molar-refractivity contribution in [3.63, 3.8) is 0 Å². The number of aromatic nitrogens is 1. The summed E-state index contributed by atoms with van der Waals surface area (Å²) in [6.45, 7) is 7.54. The molecule has 2 aliphatic heterocycles. The van der Waals surface area contributed by atoms with E-state index in [1.807, 2.05) is 35.6 Å². The molecule has 3 rings (SSSR count). The van der Waals surface area contributed by atoms with E-state index in [1.165, 1.54) is 0 Å². The Morgan fingerprint density at radius 3 is 2.54 bits per heavy atom. The molecule has 7 heteroatoms. The molecule has 2 aliphatic rings. The van der Waals surface area contributed by atoms with E-state index in [0.29, 0.717) is 25.3 Å². The highest BCUT2D eigenvalue weighted by Gasteiger charge is 2.32. The molecule has 0 spiro atoms. The van der Waals surface area contributed by atoms with Gasteiger partial charge in [0.15, 0.2) is 5.69 Å². The lowest BCUT2D eigenvalue weighted by molar-refractivity contribution is -0.138. The van der Waals surface area contributed by atoms with Crippen LogP contribution in [0.3, 0.4) is 0 Å². The van der Waals surface area contributed by atoms with Crippen molar-refractivity contribution in [2.45, 2.75) is 38.6 Å².